The number of unbranched alkanes of at least 4 members (excludes halogenated alkanes) is 2. The van der Waals surface area contributed by atoms with E-state index in [2.05, 4.69) is 17.2 Å². The van der Waals surface area contributed by atoms with Gasteiger partial charge in [0, 0.05) is 0 Å². The Balaban J connectivity index is 2.80. The Bertz CT molecular complexity index is 61.5. The summed E-state index contributed by atoms with van der Waals surface area (Å²) >= 11 is -0.322. The highest BCUT2D eigenvalue weighted by Crippen LogP contribution is 1.93. The second-order valence-corrected chi connectivity index (χ2v) is 3.47. The highest BCUT2D eigenvalue weighted by molar-refractivity contribution is 6.96. The van der Waals surface area contributed by atoms with Crippen LogP contribution in [0.2, 0.25) is 0 Å². The van der Waals surface area contributed by atoms with Crippen molar-refractivity contribution in [3.05, 3.63) is 10.3 Å². The highest BCUT2D eigenvalue weighted by Gasteiger charge is 1.78. The molecular weight excluding hydrogens is 132 g/mol. The fourth-order valence-electron chi connectivity index (χ4n) is 0.503. The highest BCUT2D eigenvalue weighted by atomic mass is 35.5. The Kier molecular flexibility index (Phi) is 8.57. The SMILES string of the molecule is CCCC/C=[CH]/[Mg][Cl]. The second-order valence-electron chi connectivity index (χ2n) is 1.77. The molecular formula is C6H11ClMg. The molecule has 0 aromatic heterocycles. The lowest BCUT2D eigenvalue weighted by atomic mass is 10.2. The molecule has 0 nitrogen and oxygen atoms in total. The molecule has 0 saturated heterocycles. The lowest BCUT2D eigenvalue weighted by Gasteiger charge is -1.85. The van der Waals surface area contributed by atoms with Gasteiger partial charge < -0.3 is 9.07 Å². The Labute approximate surface area is 64.8 Å². The Morgan fingerprint density at radius 3 is 2.88 bits per heavy atom. The molecule has 0 aliphatic rings. The molecule has 2 heteroatoms. The lowest BCUT2D eigenvalue weighted by Crippen LogP contribution is -1.69. The van der Waals surface area contributed by atoms with Crippen LogP contribution in [0.3, 0.4) is 0 Å². The van der Waals surface area contributed by atoms with Crippen LogP contribution < -0.4 is 0 Å². The molecule has 0 atom stereocenters. The molecule has 0 bridgehead atoms. The summed E-state index contributed by atoms with van der Waals surface area (Å²) in [7, 11) is 5.53. The first kappa shape index (κ1) is 8.80. The van der Waals surface area contributed by atoms with Crippen LogP contribution >= 0.6 is 9.07 Å². The Hall–Kier alpha value is 0.796. The summed E-state index contributed by atoms with van der Waals surface area (Å²) in [6.45, 7) is 2.20. The van der Waals surface area contributed by atoms with Crippen LogP contribution in [0.25, 0.3) is 0 Å². The summed E-state index contributed by atoms with van der Waals surface area (Å²) < 4.78 is 2.14. The van der Waals surface area contributed by atoms with Crippen molar-refractivity contribution in [2.24, 2.45) is 0 Å². The van der Waals surface area contributed by atoms with Gasteiger partial charge in [-0.25, -0.2) is 0 Å². The fraction of sp³-hybridized carbons (Fsp3) is 0.667. The average Bonchev–Trinajstić information content (AvgIpc) is 1.81. The molecule has 0 aromatic carbocycles. The number of hydrogen-bond donors (Lipinski definition) is 0. The minimum absolute atomic E-state index is 0.322. The standard InChI is InChI=1S/C6H11.ClH.Mg/c1-3-5-6-4-2;;/h1,3H,4-6H2,2H3;1H;/q;;+1/p-1. The van der Waals surface area contributed by atoms with Crippen molar-refractivity contribution in [3.63, 3.8) is 0 Å². The van der Waals surface area contributed by atoms with Gasteiger partial charge in [-0.15, -0.1) is 6.08 Å². The second kappa shape index (κ2) is 7.80. The zero-order valence-corrected chi connectivity index (χ0v) is 7.53. The first-order chi connectivity index (χ1) is 3.91. The van der Waals surface area contributed by atoms with Gasteiger partial charge >= 0.3 is 19.3 Å². The van der Waals surface area contributed by atoms with Gasteiger partial charge in [0.1, 0.15) is 0 Å². The summed E-state index contributed by atoms with van der Waals surface area (Å²) in [6.07, 6.45) is 6.01. The van der Waals surface area contributed by atoms with Gasteiger partial charge in [0.15, 0.2) is 0 Å². The van der Waals surface area contributed by atoms with Gasteiger partial charge in [0.2, 0.25) is 0 Å². The van der Waals surface area contributed by atoms with E-state index in [0.717, 1.165) is 0 Å². The van der Waals surface area contributed by atoms with E-state index < -0.39 is 0 Å². The maximum atomic E-state index is 5.53. The third kappa shape index (κ3) is 6.80. The van der Waals surface area contributed by atoms with Crippen molar-refractivity contribution in [1.82, 2.24) is 0 Å². The van der Waals surface area contributed by atoms with Gasteiger partial charge in [-0.3, -0.25) is 0 Å². The molecule has 0 aliphatic heterocycles. The first-order valence-corrected chi connectivity index (χ1v) is 6.08. The van der Waals surface area contributed by atoms with Crippen LogP contribution in [0.1, 0.15) is 26.2 Å². The largest absolute Gasteiger partial charge is 0.530 e. The van der Waals surface area contributed by atoms with Crippen LogP contribution in [0.15, 0.2) is 10.3 Å². The van der Waals surface area contributed by atoms with E-state index >= 15 is 0 Å². The number of hydrogen-bond acceptors (Lipinski definition) is 0. The van der Waals surface area contributed by atoms with Crippen molar-refractivity contribution in [1.29, 1.82) is 0 Å². The van der Waals surface area contributed by atoms with Gasteiger partial charge in [-0.1, -0.05) is 19.8 Å². The molecule has 0 spiro atoms. The summed E-state index contributed by atoms with van der Waals surface area (Å²) in [5, 5.41) is 0. The molecule has 0 rings (SSSR count). The molecule has 8 heavy (non-hydrogen) atoms. The number of halogens is 1. The molecule has 0 amide bonds. The topological polar surface area (TPSA) is 0 Å². The Morgan fingerprint density at radius 2 is 2.38 bits per heavy atom. The zero-order valence-electron chi connectivity index (χ0n) is 5.36. The van der Waals surface area contributed by atoms with Crippen molar-refractivity contribution < 1.29 is 0 Å². The van der Waals surface area contributed by atoms with Crippen LogP contribution in [-0.4, -0.2) is 19.3 Å². The molecule has 0 saturated carbocycles. The summed E-state index contributed by atoms with van der Waals surface area (Å²) in [6, 6.07) is 0. The van der Waals surface area contributed by atoms with E-state index in [9.17, 15) is 0 Å². The molecule has 0 heterocycles. The van der Waals surface area contributed by atoms with Gasteiger partial charge in [0.25, 0.3) is 0 Å². The van der Waals surface area contributed by atoms with E-state index in [1.165, 1.54) is 19.3 Å². The third-order valence-electron chi connectivity index (χ3n) is 0.980. The van der Waals surface area contributed by atoms with E-state index in [4.69, 9.17) is 9.07 Å². The fourth-order valence-corrected chi connectivity index (χ4v) is 1.24. The van der Waals surface area contributed by atoms with Crippen molar-refractivity contribution in [2.45, 2.75) is 26.2 Å². The zero-order chi connectivity index (χ0) is 6.24. The predicted molar refractivity (Wildman–Crippen MR) is 40.3 cm³/mol. The van der Waals surface area contributed by atoms with Gasteiger partial charge in [-0.2, -0.15) is 4.21 Å². The number of allylic oxidation sites excluding steroid dienone is 1. The maximum Gasteiger partial charge on any atom is 0.530 e. The van der Waals surface area contributed by atoms with E-state index in [1.807, 2.05) is 0 Å². The van der Waals surface area contributed by atoms with E-state index in [0.29, 0.717) is 0 Å². The average molecular weight is 143 g/mol. The molecule has 0 aliphatic carbocycles. The van der Waals surface area contributed by atoms with Crippen LogP contribution in [0.5, 0.6) is 0 Å². The summed E-state index contributed by atoms with van der Waals surface area (Å²) in [5.41, 5.74) is 0. The first-order valence-electron chi connectivity index (χ1n) is 3.12. The monoisotopic (exact) mass is 142 g/mol. The van der Waals surface area contributed by atoms with Gasteiger partial charge in [-0.05, 0) is 6.42 Å². The van der Waals surface area contributed by atoms with E-state index in [1.54, 1.807) is 0 Å². The molecule has 0 unspecified atom stereocenters. The van der Waals surface area contributed by atoms with Gasteiger partial charge in [0.05, 0.1) is 0 Å². The molecule has 44 valence electrons. The van der Waals surface area contributed by atoms with Crippen molar-refractivity contribution >= 4 is 28.3 Å². The smallest absolute Gasteiger partial charge is 0.336 e. The molecule has 0 aromatic rings. The summed E-state index contributed by atoms with van der Waals surface area (Å²) in [5.74, 6) is 0. The summed E-state index contributed by atoms with van der Waals surface area (Å²) in [4.78, 5) is 0. The third-order valence-corrected chi connectivity index (χ3v) is 2.03. The minimum atomic E-state index is -0.322. The lowest BCUT2D eigenvalue weighted by molar-refractivity contribution is 0.815. The van der Waals surface area contributed by atoms with E-state index in [-0.39, 0.29) is 19.3 Å². The predicted octanol–water partition coefficient (Wildman–Crippen LogP) is 2.55. The Morgan fingerprint density at radius 1 is 1.62 bits per heavy atom. The normalized spacial score (nSPS) is 9.75. The van der Waals surface area contributed by atoms with Crippen LogP contribution in [0, 0.1) is 0 Å². The number of rotatable bonds is 4. The van der Waals surface area contributed by atoms with Crippen LogP contribution in [0.4, 0.5) is 0 Å². The maximum absolute atomic E-state index is 5.53. The molecule has 0 N–H and O–H groups in total. The minimum Gasteiger partial charge on any atom is -0.336 e. The van der Waals surface area contributed by atoms with Crippen molar-refractivity contribution in [2.75, 3.05) is 0 Å². The van der Waals surface area contributed by atoms with Crippen molar-refractivity contribution in [3.8, 4) is 0 Å². The quantitative estimate of drug-likeness (QED) is 0.419. The van der Waals surface area contributed by atoms with Crippen LogP contribution in [-0.2, 0) is 0 Å². The molecule has 0 radical (unpaired) electrons. The molecule has 0 fully saturated rings.